The molecule has 0 aromatic carbocycles. The third kappa shape index (κ3) is 3.49. The van der Waals surface area contributed by atoms with Crippen LogP contribution in [0.4, 0.5) is 0 Å². The number of halogens is 1. The molecule has 1 aliphatic rings. The van der Waals surface area contributed by atoms with Crippen molar-refractivity contribution in [1.29, 1.82) is 0 Å². The van der Waals surface area contributed by atoms with Crippen molar-refractivity contribution in [3.8, 4) is 0 Å². The summed E-state index contributed by atoms with van der Waals surface area (Å²) >= 11 is 6.08. The maximum atomic E-state index is 6.08. The van der Waals surface area contributed by atoms with Gasteiger partial charge in [0.05, 0.1) is 6.20 Å². The van der Waals surface area contributed by atoms with Crippen LogP contribution in [0.2, 0.25) is 0 Å². The minimum atomic E-state index is 0.413. The van der Waals surface area contributed by atoms with Crippen LogP contribution in [-0.2, 0) is 13.5 Å². The van der Waals surface area contributed by atoms with E-state index in [1.54, 1.807) is 0 Å². The highest BCUT2D eigenvalue weighted by molar-refractivity contribution is 6.20. The van der Waals surface area contributed by atoms with Crippen LogP contribution < -0.4 is 5.32 Å². The van der Waals surface area contributed by atoms with Crippen LogP contribution in [0, 0.1) is 0 Å². The lowest BCUT2D eigenvalue weighted by Gasteiger charge is -2.25. The fourth-order valence-corrected chi connectivity index (χ4v) is 2.53. The van der Waals surface area contributed by atoms with Gasteiger partial charge in [0.1, 0.15) is 0 Å². The summed E-state index contributed by atoms with van der Waals surface area (Å²) in [4.78, 5) is 0. The molecule has 0 saturated heterocycles. The number of aryl methyl sites for hydroxylation is 1. The van der Waals surface area contributed by atoms with Gasteiger partial charge < -0.3 is 5.32 Å². The smallest absolute Gasteiger partial charge is 0.0522 e. The summed E-state index contributed by atoms with van der Waals surface area (Å²) in [6.07, 6.45) is 9.85. The lowest BCUT2D eigenvalue weighted by Crippen LogP contribution is -2.34. The van der Waals surface area contributed by atoms with Crippen molar-refractivity contribution < 1.29 is 0 Å². The van der Waals surface area contributed by atoms with E-state index in [-0.39, 0.29) is 0 Å². The number of hydrogen-bond donors (Lipinski definition) is 1. The van der Waals surface area contributed by atoms with Gasteiger partial charge in [0.25, 0.3) is 0 Å². The highest BCUT2D eigenvalue weighted by atomic mass is 35.5. The number of hydrogen-bond acceptors (Lipinski definition) is 2. The standard InChI is InChI=1S/C12H20ClN3/c1-16-9-10(8-15-16)6-7-14-12-4-2-11(13)3-5-12/h8-9,11-12,14H,2-7H2,1H3. The van der Waals surface area contributed by atoms with Crippen molar-refractivity contribution in [1.82, 2.24) is 15.1 Å². The molecule has 0 unspecified atom stereocenters. The topological polar surface area (TPSA) is 29.9 Å². The van der Waals surface area contributed by atoms with Crippen LogP contribution in [0.3, 0.4) is 0 Å². The first-order chi connectivity index (χ1) is 7.74. The fraction of sp³-hybridized carbons (Fsp3) is 0.750. The number of aromatic nitrogens is 2. The van der Waals surface area contributed by atoms with Gasteiger partial charge in [-0.2, -0.15) is 5.10 Å². The van der Waals surface area contributed by atoms with Gasteiger partial charge >= 0.3 is 0 Å². The molecule has 0 aliphatic heterocycles. The Balaban J connectivity index is 1.64. The molecule has 0 atom stereocenters. The molecule has 1 fully saturated rings. The Bertz CT molecular complexity index is 316. The van der Waals surface area contributed by atoms with Crippen molar-refractivity contribution >= 4 is 11.6 Å². The van der Waals surface area contributed by atoms with Crippen molar-refractivity contribution in [3.63, 3.8) is 0 Å². The molecule has 16 heavy (non-hydrogen) atoms. The Labute approximate surface area is 102 Å². The van der Waals surface area contributed by atoms with Crippen molar-refractivity contribution in [2.45, 2.75) is 43.5 Å². The molecule has 90 valence electrons. The summed E-state index contributed by atoms with van der Waals surface area (Å²) < 4.78 is 1.86. The van der Waals surface area contributed by atoms with Crippen LogP contribution >= 0.6 is 11.6 Å². The second kappa shape index (κ2) is 5.69. The van der Waals surface area contributed by atoms with Crippen LogP contribution in [0.15, 0.2) is 12.4 Å². The molecule has 1 saturated carbocycles. The van der Waals surface area contributed by atoms with Gasteiger partial charge in [-0.15, -0.1) is 11.6 Å². The SMILES string of the molecule is Cn1cc(CCNC2CCC(Cl)CC2)cn1. The van der Waals surface area contributed by atoms with Crippen LogP contribution in [0.5, 0.6) is 0 Å². The molecule has 4 heteroatoms. The molecule has 0 bridgehead atoms. The van der Waals surface area contributed by atoms with E-state index in [1.807, 2.05) is 17.9 Å². The zero-order valence-corrected chi connectivity index (χ0v) is 10.6. The van der Waals surface area contributed by atoms with E-state index in [1.165, 1.54) is 18.4 Å². The lowest BCUT2D eigenvalue weighted by atomic mass is 9.95. The molecule has 1 aromatic rings. The average Bonchev–Trinajstić information content (AvgIpc) is 2.67. The van der Waals surface area contributed by atoms with Crippen molar-refractivity contribution in [2.24, 2.45) is 7.05 Å². The summed E-state index contributed by atoms with van der Waals surface area (Å²) in [5.74, 6) is 0. The van der Waals surface area contributed by atoms with Gasteiger partial charge in [-0.3, -0.25) is 4.68 Å². The average molecular weight is 242 g/mol. The summed E-state index contributed by atoms with van der Waals surface area (Å²) in [5.41, 5.74) is 1.31. The fourth-order valence-electron chi connectivity index (χ4n) is 2.28. The maximum absolute atomic E-state index is 6.08. The summed E-state index contributed by atoms with van der Waals surface area (Å²) in [6, 6.07) is 0.673. The second-order valence-electron chi connectivity index (χ2n) is 4.68. The monoisotopic (exact) mass is 241 g/mol. The predicted octanol–water partition coefficient (Wildman–Crippen LogP) is 2.10. The molecular formula is C12H20ClN3. The van der Waals surface area contributed by atoms with E-state index in [4.69, 9.17) is 11.6 Å². The van der Waals surface area contributed by atoms with Crippen LogP contribution in [0.25, 0.3) is 0 Å². The van der Waals surface area contributed by atoms with E-state index in [2.05, 4.69) is 16.6 Å². The van der Waals surface area contributed by atoms with Gasteiger partial charge in [0.15, 0.2) is 0 Å². The maximum Gasteiger partial charge on any atom is 0.0522 e. The van der Waals surface area contributed by atoms with Gasteiger partial charge in [0.2, 0.25) is 0 Å². The van der Waals surface area contributed by atoms with Gasteiger partial charge in [-0.05, 0) is 44.2 Å². The van der Waals surface area contributed by atoms with Crippen molar-refractivity contribution in [3.05, 3.63) is 18.0 Å². The molecule has 1 heterocycles. The normalized spacial score (nSPS) is 25.9. The Morgan fingerprint density at radius 2 is 2.19 bits per heavy atom. The molecule has 2 rings (SSSR count). The highest BCUT2D eigenvalue weighted by Gasteiger charge is 2.18. The minimum absolute atomic E-state index is 0.413. The third-order valence-corrected chi connectivity index (χ3v) is 3.70. The molecule has 0 spiro atoms. The molecule has 1 aliphatic carbocycles. The number of rotatable bonds is 4. The molecule has 0 amide bonds. The van der Waals surface area contributed by atoms with E-state index in [0.29, 0.717) is 11.4 Å². The highest BCUT2D eigenvalue weighted by Crippen LogP contribution is 2.22. The Kier molecular flexibility index (Phi) is 4.24. The van der Waals surface area contributed by atoms with Crippen LogP contribution in [-0.4, -0.2) is 27.7 Å². The third-order valence-electron chi connectivity index (χ3n) is 3.26. The Hall–Kier alpha value is -0.540. The quantitative estimate of drug-likeness (QED) is 0.819. The van der Waals surface area contributed by atoms with E-state index >= 15 is 0 Å². The van der Waals surface area contributed by atoms with Gasteiger partial charge in [-0.25, -0.2) is 0 Å². The first-order valence-electron chi connectivity index (χ1n) is 6.09. The van der Waals surface area contributed by atoms with Crippen molar-refractivity contribution in [2.75, 3.05) is 6.54 Å². The zero-order valence-electron chi connectivity index (χ0n) is 9.82. The Morgan fingerprint density at radius 3 is 2.81 bits per heavy atom. The second-order valence-corrected chi connectivity index (χ2v) is 5.29. The van der Waals surface area contributed by atoms with E-state index < -0.39 is 0 Å². The summed E-state index contributed by atoms with van der Waals surface area (Å²) in [7, 11) is 1.96. The zero-order chi connectivity index (χ0) is 11.4. The number of nitrogens with zero attached hydrogens (tertiary/aromatic N) is 2. The molecular weight excluding hydrogens is 222 g/mol. The molecule has 0 radical (unpaired) electrons. The molecule has 1 aromatic heterocycles. The first kappa shape index (κ1) is 11.9. The van der Waals surface area contributed by atoms with Crippen LogP contribution in [0.1, 0.15) is 31.2 Å². The van der Waals surface area contributed by atoms with Gasteiger partial charge in [0, 0.05) is 24.7 Å². The Morgan fingerprint density at radius 1 is 1.44 bits per heavy atom. The van der Waals surface area contributed by atoms with E-state index in [9.17, 15) is 0 Å². The largest absolute Gasteiger partial charge is 0.314 e. The van der Waals surface area contributed by atoms with Gasteiger partial charge in [-0.1, -0.05) is 0 Å². The number of alkyl halides is 1. The van der Waals surface area contributed by atoms with E-state index in [0.717, 1.165) is 25.8 Å². The first-order valence-corrected chi connectivity index (χ1v) is 6.52. The predicted molar refractivity (Wildman–Crippen MR) is 66.8 cm³/mol. The molecule has 3 nitrogen and oxygen atoms in total. The lowest BCUT2D eigenvalue weighted by molar-refractivity contribution is 0.379. The number of nitrogens with one attached hydrogen (secondary N) is 1. The summed E-state index contributed by atoms with van der Waals surface area (Å²) in [5, 5.41) is 8.18. The molecule has 1 N–H and O–H groups in total. The minimum Gasteiger partial charge on any atom is -0.314 e. The summed E-state index contributed by atoms with van der Waals surface area (Å²) in [6.45, 7) is 1.04.